The van der Waals surface area contributed by atoms with Gasteiger partial charge in [0.2, 0.25) is 0 Å². The van der Waals surface area contributed by atoms with Crippen molar-refractivity contribution in [1.82, 2.24) is 10.2 Å². The Balaban J connectivity index is 1.38. The molecule has 4 fully saturated rings. The van der Waals surface area contributed by atoms with Gasteiger partial charge in [0, 0.05) is 31.2 Å². The van der Waals surface area contributed by atoms with Crippen molar-refractivity contribution < 1.29 is 61.9 Å². The molecule has 4 aliphatic rings. The van der Waals surface area contributed by atoms with Gasteiger partial charge in [-0.2, -0.15) is 0 Å². The van der Waals surface area contributed by atoms with Crippen LogP contribution in [0.1, 0.15) is 86.6 Å². The quantitative estimate of drug-likeness (QED) is 0.167. The first kappa shape index (κ1) is 47.9. The summed E-state index contributed by atoms with van der Waals surface area (Å²) >= 11 is 0. The second-order valence-corrected chi connectivity index (χ2v) is 18.1. The second kappa shape index (κ2) is 20.5. The van der Waals surface area contributed by atoms with Crippen molar-refractivity contribution in [2.24, 2.45) is 22.9 Å². The molecule has 6 rings (SSSR count). The molecule has 16 heteroatoms. The monoisotopic (exact) mass is 879 g/mol. The minimum absolute atomic E-state index is 0.0685. The van der Waals surface area contributed by atoms with Crippen molar-refractivity contribution in [2.45, 2.75) is 148 Å². The number of carbonyl (C=O) groups excluding carboxylic acids is 4. The van der Waals surface area contributed by atoms with Crippen LogP contribution in [0.5, 0.6) is 11.5 Å². The molecular weight excluding hydrogens is 815 g/mol. The lowest BCUT2D eigenvalue weighted by molar-refractivity contribution is -0.296. The smallest absolute Gasteiger partial charge is 0.408 e. The number of hydrogen-bond donors (Lipinski definition) is 1. The first-order valence-corrected chi connectivity index (χ1v) is 22.0. The number of oxime groups is 1. The maximum absolute atomic E-state index is 14.6. The van der Waals surface area contributed by atoms with E-state index < -0.39 is 83.7 Å². The lowest BCUT2D eigenvalue weighted by Crippen LogP contribution is -2.59. The van der Waals surface area contributed by atoms with Gasteiger partial charge in [0.05, 0.1) is 55.1 Å². The van der Waals surface area contributed by atoms with E-state index in [1.165, 1.54) is 6.92 Å². The van der Waals surface area contributed by atoms with Gasteiger partial charge in [-0.1, -0.05) is 62.3 Å². The number of nitrogens with one attached hydrogen (secondary N) is 1. The molecule has 4 saturated heterocycles. The van der Waals surface area contributed by atoms with Gasteiger partial charge in [0.1, 0.15) is 30.0 Å². The van der Waals surface area contributed by atoms with Crippen LogP contribution in [0.15, 0.2) is 59.8 Å². The number of rotatable bonds is 10. The molecule has 1 amide bonds. The van der Waals surface area contributed by atoms with E-state index in [1.54, 1.807) is 39.0 Å². The fraction of sp³-hybridized carbons (Fsp3) is 0.638. The maximum Gasteiger partial charge on any atom is 0.408 e. The molecule has 1 N–H and O–H groups in total. The Morgan fingerprint density at radius 1 is 0.952 bits per heavy atom. The molecule has 2 bridgehead atoms. The number of esters is 2. The summed E-state index contributed by atoms with van der Waals surface area (Å²) in [6.45, 7) is 14.1. The molecule has 2 aromatic carbocycles. The summed E-state index contributed by atoms with van der Waals surface area (Å²) in [7, 11) is 3.81. The molecular formula is C47H65N3O13. The number of amides is 1. The molecule has 0 spiro atoms. The predicted molar refractivity (Wildman–Crippen MR) is 230 cm³/mol. The van der Waals surface area contributed by atoms with Gasteiger partial charge in [0.25, 0.3) is 0 Å². The third-order valence-corrected chi connectivity index (χ3v) is 12.9. The summed E-state index contributed by atoms with van der Waals surface area (Å²) < 4.78 is 50.9. The van der Waals surface area contributed by atoms with Gasteiger partial charge < -0.3 is 52.9 Å². The summed E-state index contributed by atoms with van der Waals surface area (Å²) in [5.41, 5.74) is -1.26. The Bertz CT molecular complexity index is 1950. The molecule has 4 aliphatic heterocycles. The molecule has 13 atom stereocenters. The van der Waals surface area contributed by atoms with Crippen LogP contribution < -0.4 is 14.9 Å². The minimum atomic E-state index is -1.35. The van der Waals surface area contributed by atoms with E-state index in [-0.39, 0.29) is 44.0 Å². The summed E-state index contributed by atoms with van der Waals surface area (Å²) in [5, 5.41) is 7.34. The Morgan fingerprint density at radius 3 is 2.38 bits per heavy atom. The lowest BCUT2D eigenvalue weighted by Gasteiger charge is -2.47. The number of carbonyl (C=O) groups is 4. The largest absolute Gasteiger partial charge is 0.489 e. The zero-order chi connectivity index (χ0) is 45.6. The highest BCUT2D eigenvalue weighted by molar-refractivity contribution is 5.87. The molecule has 3 unspecified atom stereocenters. The van der Waals surface area contributed by atoms with E-state index in [1.807, 2.05) is 83.1 Å². The summed E-state index contributed by atoms with van der Waals surface area (Å²) in [6.07, 6.45) is -4.48. The summed E-state index contributed by atoms with van der Waals surface area (Å²) in [4.78, 5) is 62.3. The summed E-state index contributed by atoms with van der Waals surface area (Å²) in [6, 6.07) is 15.8. The lowest BCUT2D eigenvalue weighted by atomic mass is 9.75. The highest BCUT2D eigenvalue weighted by atomic mass is 16.7. The Hall–Kier alpha value is -4.61. The molecule has 0 radical (unpaired) electrons. The third kappa shape index (κ3) is 11.4. The van der Waals surface area contributed by atoms with Gasteiger partial charge in [-0.3, -0.25) is 14.4 Å². The van der Waals surface area contributed by atoms with Crippen molar-refractivity contribution >= 4 is 29.5 Å². The minimum Gasteiger partial charge on any atom is -0.489 e. The molecule has 0 aromatic heterocycles. The fourth-order valence-corrected chi connectivity index (χ4v) is 9.28. The highest BCUT2D eigenvalue weighted by Crippen LogP contribution is 2.41. The van der Waals surface area contributed by atoms with E-state index in [0.717, 1.165) is 5.56 Å². The number of ether oxygens (including phenoxy) is 8. The highest BCUT2D eigenvalue weighted by Gasteiger charge is 2.57. The molecule has 0 saturated carbocycles. The van der Waals surface area contributed by atoms with Gasteiger partial charge >= 0.3 is 18.0 Å². The van der Waals surface area contributed by atoms with Crippen LogP contribution in [0.3, 0.4) is 0 Å². The molecule has 4 heterocycles. The molecule has 2 aromatic rings. The Labute approximate surface area is 370 Å². The van der Waals surface area contributed by atoms with Crippen LogP contribution in [0.25, 0.3) is 0 Å². The molecule has 63 heavy (non-hydrogen) atoms. The third-order valence-electron chi connectivity index (χ3n) is 12.9. The Morgan fingerprint density at radius 2 is 1.68 bits per heavy atom. The zero-order valence-corrected chi connectivity index (χ0v) is 38.2. The number of likely N-dealkylation sites (N-methyl/N-ethyl adjacent to an activating group) is 1. The molecule has 0 aliphatic carbocycles. The fourth-order valence-electron chi connectivity index (χ4n) is 9.28. The van der Waals surface area contributed by atoms with Crippen molar-refractivity contribution in [3.8, 4) is 11.5 Å². The zero-order valence-electron chi connectivity index (χ0n) is 38.2. The van der Waals surface area contributed by atoms with E-state index >= 15 is 0 Å². The van der Waals surface area contributed by atoms with Crippen LogP contribution in [0.2, 0.25) is 0 Å². The first-order chi connectivity index (χ1) is 29.9. The van der Waals surface area contributed by atoms with Crippen LogP contribution >= 0.6 is 0 Å². The van der Waals surface area contributed by atoms with E-state index in [9.17, 15) is 19.2 Å². The number of fused-ring (bicyclic) bond motifs is 4. The normalized spacial score (nSPS) is 36.1. The second-order valence-electron chi connectivity index (χ2n) is 18.1. The number of hydrogen-bond acceptors (Lipinski definition) is 15. The standard InChI is InChI=1S/C47H65N3O13/c1-11-38-47(8)42(48-45(54)62-47)30(5)40(52)27(2)23-46(7)39(61-44-41(59-31(6)51)36(50(9)10)20-28(3)58-44)22-37(29(4)43(53)60-38)56-25-33(26-57-46)49-63-35-19-15-18-34(21-35)55-24-32-16-13-12-14-17-32/h12-19,21,27-30,36-39,41-42,44H,11,20,22-26H2,1-10H3,(H,48,54)/b49-33+/t27-,28-,29-,30+,36+,37-,38-,39-,41-,42?,44?,46+,47?/m1/s1. The maximum atomic E-state index is 14.6. The Kier molecular flexibility index (Phi) is 15.6. The molecule has 16 nitrogen and oxygen atoms in total. The molecule has 346 valence electrons. The van der Waals surface area contributed by atoms with Gasteiger partial charge in [-0.25, -0.2) is 4.79 Å². The summed E-state index contributed by atoms with van der Waals surface area (Å²) in [5.74, 6) is -2.58. The van der Waals surface area contributed by atoms with Crippen LogP contribution in [-0.2, 0) is 54.1 Å². The van der Waals surface area contributed by atoms with Crippen LogP contribution in [0.4, 0.5) is 4.79 Å². The van der Waals surface area contributed by atoms with Crippen LogP contribution in [0, 0.1) is 17.8 Å². The van der Waals surface area contributed by atoms with Crippen molar-refractivity contribution in [3.63, 3.8) is 0 Å². The number of ketones is 1. The number of Topliss-reactive ketones (excluding diaryl/α,β-unsaturated/α-hetero) is 1. The number of cyclic esters (lactones) is 1. The number of nitrogens with zero attached hydrogens (tertiary/aromatic N) is 2. The number of alkyl carbamates (subject to hydrolysis) is 1. The van der Waals surface area contributed by atoms with E-state index in [2.05, 4.69) is 10.5 Å². The van der Waals surface area contributed by atoms with Crippen molar-refractivity contribution in [2.75, 3.05) is 27.3 Å². The average molecular weight is 880 g/mol. The average Bonchev–Trinajstić information content (AvgIpc) is 3.59. The van der Waals surface area contributed by atoms with Crippen LogP contribution in [-0.4, -0.2) is 122 Å². The first-order valence-electron chi connectivity index (χ1n) is 22.0. The van der Waals surface area contributed by atoms with E-state index in [4.69, 9.17) is 42.7 Å². The van der Waals surface area contributed by atoms with Gasteiger partial charge in [0.15, 0.2) is 23.7 Å². The SMILES string of the molecule is CC[C@H]1OC(=O)[C@H](C)[C@H]2C[C@@H](OC3O[C@H](C)C[C@H](N(C)C)[C@H]3OC(C)=O)[C@](C)(C[C@@H](C)C(=O)[C@H](C)C3NC(=O)OC31C)OC/C(=N/Oc1cccc(OCc3ccccc3)c1)CO2. The van der Waals surface area contributed by atoms with Crippen molar-refractivity contribution in [1.29, 1.82) is 0 Å². The van der Waals surface area contributed by atoms with E-state index in [0.29, 0.717) is 36.7 Å². The predicted octanol–water partition coefficient (Wildman–Crippen LogP) is 6.02. The topological polar surface area (TPSA) is 179 Å². The van der Waals surface area contributed by atoms with Gasteiger partial charge in [-0.15, -0.1) is 0 Å². The van der Waals surface area contributed by atoms with Crippen molar-refractivity contribution in [3.05, 3.63) is 60.2 Å². The van der Waals surface area contributed by atoms with Gasteiger partial charge in [-0.05, 0) is 78.7 Å². The number of benzene rings is 2.